The molecule has 0 unspecified atom stereocenters. The van der Waals surface area contributed by atoms with Crippen LogP contribution in [-0.4, -0.2) is 6.29 Å². The first-order valence-electron chi connectivity index (χ1n) is 3.42. The Kier molecular flexibility index (Phi) is 2.21. The fraction of sp³-hybridized carbons (Fsp3) is 0.222. The lowest BCUT2D eigenvalue weighted by Crippen LogP contribution is -1.85. The molecule has 0 radical (unpaired) electrons. The van der Waals surface area contributed by atoms with Crippen LogP contribution < -0.4 is 0 Å². The SMILES string of the molecule is CCC=O.c1cc2ccc1-2. The van der Waals surface area contributed by atoms with E-state index in [2.05, 4.69) is 24.3 Å². The first kappa shape index (κ1) is 7.00. The average molecular weight is 134 g/mol. The van der Waals surface area contributed by atoms with Crippen molar-refractivity contribution in [3.63, 3.8) is 0 Å². The van der Waals surface area contributed by atoms with E-state index >= 15 is 0 Å². The molecule has 52 valence electrons. The second kappa shape index (κ2) is 3.16. The van der Waals surface area contributed by atoms with Crippen LogP contribution in [0.4, 0.5) is 0 Å². The second-order valence-electron chi connectivity index (χ2n) is 2.15. The smallest absolute Gasteiger partial charge is 0.119 e. The molecule has 0 aromatic carbocycles. The van der Waals surface area contributed by atoms with Crippen LogP contribution >= 0.6 is 0 Å². The van der Waals surface area contributed by atoms with E-state index < -0.39 is 0 Å². The van der Waals surface area contributed by atoms with Crippen LogP contribution in [0.25, 0.3) is 11.1 Å². The second-order valence-corrected chi connectivity index (χ2v) is 2.15. The highest BCUT2D eigenvalue weighted by atomic mass is 16.1. The van der Waals surface area contributed by atoms with Crippen molar-refractivity contribution in [3.05, 3.63) is 24.3 Å². The average Bonchev–Trinajstić information content (AvgIpc) is 1.97. The van der Waals surface area contributed by atoms with Gasteiger partial charge in [0.2, 0.25) is 0 Å². The number of benzene rings is 1. The predicted octanol–water partition coefficient (Wildman–Crippen LogP) is 2.26. The molecule has 0 aromatic heterocycles. The molecule has 0 N–H and O–H groups in total. The topological polar surface area (TPSA) is 17.1 Å². The Balaban J connectivity index is 0.000000112. The molecule has 0 aliphatic heterocycles. The zero-order valence-electron chi connectivity index (χ0n) is 6.00. The Morgan fingerprint density at radius 3 is 1.50 bits per heavy atom. The van der Waals surface area contributed by atoms with Crippen LogP contribution in [0, 0.1) is 0 Å². The highest BCUT2D eigenvalue weighted by molar-refractivity contribution is 5.75. The number of fused-ring (bicyclic) bond motifs is 1. The molecular formula is C9H10O. The van der Waals surface area contributed by atoms with Crippen molar-refractivity contribution in [1.82, 2.24) is 0 Å². The Bertz CT molecular complexity index is 190. The summed E-state index contributed by atoms with van der Waals surface area (Å²) in [5, 5.41) is 0. The van der Waals surface area contributed by atoms with Gasteiger partial charge in [-0.05, 0) is 11.1 Å². The molecule has 0 spiro atoms. The molecule has 2 aliphatic carbocycles. The van der Waals surface area contributed by atoms with Crippen molar-refractivity contribution in [2.45, 2.75) is 13.3 Å². The number of carbonyl (C=O) groups excluding carboxylic acids is 1. The van der Waals surface area contributed by atoms with Gasteiger partial charge >= 0.3 is 0 Å². The molecule has 1 heteroatoms. The van der Waals surface area contributed by atoms with Gasteiger partial charge in [-0.15, -0.1) is 0 Å². The monoisotopic (exact) mass is 134 g/mol. The van der Waals surface area contributed by atoms with Crippen LogP contribution in [-0.2, 0) is 4.79 Å². The summed E-state index contributed by atoms with van der Waals surface area (Å²) in [5.41, 5.74) is 2.85. The Labute approximate surface area is 60.7 Å². The zero-order valence-corrected chi connectivity index (χ0v) is 6.00. The molecule has 10 heavy (non-hydrogen) atoms. The summed E-state index contributed by atoms with van der Waals surface area (Å²) < 4.78 is 0. The lowest BCUT2D eigenvalue weighted by Gasteiger charge is -2.10. The molecule has 2 aliphatic rings. The molecule has 2 rings (SSSR count). The number of hydrogen-bond acceptors (Lipinski definition) is 1. The van der Waals surface area contributed by atoms with Gasteiger partial charge in [-0.3, -0.25) is 0 Å². The van der Waals surface area contributed by atoms with Crippen LogP contribution in [0.2, 0.25) is 0 Å². The lowest BCUT2D eigenvalue weighted by molar-refractivity contribution is -0.107. The molecule has 0 heterocycles. The van der Waals surface area contributed by atoms with Gasteiger partial charge in [-0.25, -0.2) is 0 Å². The minimum Gasteiger partial charge on any atom is -0.303 e. The summed E-state index contributed by atoms with van der Waals surface area (Å²) >= 11 is 0. The maximum absolute atomic E-state index is 9.17. The van der Waals surface area contributed by atoms with Crippen molar-refractivity contribution in [1.29, 1.82) is 0 Å². The van der Waals surface area contributed by atoms with E-state index in [4.69, 9.17) is 0 Å². The van der Waals surface area contributed by atoms with Gasteiger partial charge in [0.25, 0.3) is 0 Å². The van der Waals surface area contributed by atoms with Crippen LogP contribution in [0.15, 0.2) is 24.3 Å². The van der Waals surface area contributed by atoms with E-state index in [9.17, 15) is 4.79 Å². The van der Waals surface area contributed by atoms with E-state index in [1.807, 2.05) is 6.92 Å². The fourth-order valence-corrected chi connectivity index (χ4v) is 0.663. The zero-order chi connectivity index (χ0) is 7.40. The Morgan fingerprint density at radius 1 is 1.20 bits per heavy atom. The van der Waals surface area contributed by atoms with E-state index in [0.717, 1.165) is 6.29 Å². The highest BCUT2D eigenvalue weighted by Crippen LogP contribution is 2.29. The summed E-state index contributed by atoms with van der Waals surface area (Å²) in [6.45, 7) is 1.81. The van der Waals surface area contributed by atoms with Crippen molar-refractivity contribution < 1.29 is 4.79 Å². The van der Waals surface area contributed by atoms with Gasteiger partial charge in [-0.1, -0.05) is 31.2 Å². The van der Waals surface area contributed by atoms with E-state index in [1.54, 1.807) is 0 Å². The first-order chi connectivity index (χ1) is 4.88. The molecule has 0 atom stereocenters. The molecule has 0 fully saturated rings. The third-order valence-corrected chi connectivity index (χ3v) is 1.38. The molecular weight excluding hydrogens is 124 g/mol. The van der Waals surface area contributed by atoms with Gasteiger partial charge in [0, 0.05) is 6.42 Å². The number of rotatable bonds is 1. The van der Waals surface area contributed by atoms with Crippen molar-refractivity contribution >= 4 is 6.29 Å². The normalized spacial score (nSPS) is 9.30. The molecule has 0 bridgehead atoms. The summed E-state index contributed by atoms with van der Waals surface area (Å²) in [6, 6.07) is 8.48. The fourth-order valence-electron chi connectivity index (χ4n) is 0.663. The highest BCUT2D eigenvalue weighted by Gasteiger charge is 2.03. The van der Waals surface area contributed by atoms with Gasteiger partial charge in [-0.2, -0.15) is 0 Å². The summed E-state index contributed by atoms with van der Waals surface area (Å²) in [7, 11) is 0. The lowest BCUT2D eigenvalue weighted by atomic mass is 9.95. The largest absolute Gasteiger partial charge is 0.303 e. The van der Waals surface area contributed by atoms with Gasteiger partial charge in [0.1, 0.15) is 6.29 Å². The number of hydrogen-bond donors (Lipinski definition) is 0. The van der Waals surface area contributed by atoms with E-state index in [-0.39, 0.29) is 0 Å². The predicted molar refractivity (Wildman–Crippen MR) is 41.8 cm³/mol. The quantitative estimate of drug-likeness (QED) is 0.547. The number of aldehydes is 1. The standard InChI is InChI=1S/C6H4.C3H6O/c1-2-6-4-3-5(1)6;1-2-3-4/h1-4H;3H,2H2,1H3. The van der Waals surface area contributed by atoms with E-state index in [0.29, 0.717) is 6.42 Å². The van der Waals surface area contributed by atoms with Crippen LogP contribution in [0.1, 0.15) is 13.3 Å². The molecule has 0 amide bonds. The van der Waals surface area contributed by atoms with Crippen molar-refractivity contribution in [2.24, 2.45) is 0 Å². The first-order valence-corrected chi connectivity index (χ1v) is 3.42. The maximum Gasteiger partial charge on any atom is 0.119 e. The van der Waals surface area contributed by atoms with Gasteiger partial charge < -0.3 is 4.79 Å². The van der Waals surface area contributed by atoms with Crippen LogP contribution in [0.5, 0.6) is 0 Å². The van der Waals surface area contributed by atoms with Crippen molar-refractivity contribution in [3.8, 4) is 11.1 Å². The maximum atomic E-state index is 9.17. The van der Waals surface area contributed by atoms with Gasteiger partial charge in [0.05, 0.1) is 0 Å². The van der Waals surface area contributed by atoms with E-state index in [1.165, 1.54) is 11.1 Å². The van der Waals surface area contributed by atoms with Crippen LogP contribution in [0.3, 0.4) is 0 Å². The molecule has 0 saturated heterocycles. The minimum atomic E-state index is 0.639. The summed E-state index contributed by atoms with van der Waals surface area (Å²) in [5.74, 6) is 0. The third kappa shape index (κ3) is 1.24. The number of carbonyl (C=O) groups is 1. The molecule has 1 nitrogen and oxygen atoms in total. The molecule has 0 aromatic rings. The molecule has 0 saturated carbocycles. The van der Waals surface area contributed by atoms with Gasteiger partial charge in [0.15, 0.2) is 0 Å². The Hall–Kier alpha value is -1.11. The summed E-state index contributed by atoms with van der Waals surface area (Å²) in [4.78, 5) is 9.17. The third-order valence-electron chi connectivity index (χ3n) is 1.38. The summed E-state index contributed by atoms with van der Waals surface area (Å²) in [6.07, 6.45) is 1.51. The van der Waals surface area contributed by atoms with Crippen molar-refractivity contribution in [2.75, 3.05) is 0 Å². The minimum absolute atomic E-state index is 0.639. The Morgan fingerprint density at radius 2 is 1.50 bits per heavy atom.